The number of benzene rings is 1. The number of fused-ring (bicyclic) bond motifs is 1. The molecule has 2 atom stereocenters. The summed E-state index contributed by atoms with van der Waals surface area (Å²) in [7, 11) is 0. The molecule has 0 saturated carbocycles. The molecule has 7 nitrogen and oxygen atoms in total. The molecule has 9 heteroatoms. The highest BCUT2D eigenvalue weighted by Crippen LogP contribution is 2.43. The normalized spacial score (nSPS) is 22.0. The van der Waals surface area contributed by atoms with Gasteiger partial charge in [-0.25, -0.2) is 4.98 Å². The molecule has 0 radical (unpaired) electrons. The molecule has 1 saturated heterocycles. The van der Waals surface area contributed by atoms with Crippen LogP contribution < -0.4 is 5.73 Å². The number of aromatic nitrogens is 3. The Morgan fingerprint density at radius 1 is 1.33 bits per heavy atom. The molecule has 27 heavy (non-hydrogen) atoms. The van der Waals surface area contributed by atoms with Crippen LogP contribution in [0.5, 0.6) is 0 Å². The summed E-state index contributed by atoms with van der Waals surface area (Å²) in [6.07, 6.45) is 1.37. The summed E-state index contributed by atoms with van der Waals surface area (Å²) >= 11 is 7.92. The zero-order valence-corrected chi connectivity index (χ0v) is 16.4. The maximum Gasteiger partial charge on any atom is 0.264 e. The largest absolute Gasteiger partial charge is 0.369 e. The van der Waals surface area contributed by atoms with E-state index in [1.54, 1.807) is 6.92 Å². The number of rotatable bonds is 4. The van der Waals surface area contributed by atoms with Crippen LogP contribution in [0, 0.1) is 12.8 Å². The molecule has 2 unspecified atom stereocenters. The maximum atomic E-state index is 13.0. The molecule has 1 aromatic heterocycles. The maximum absolute atomic E-state index is 13.0. The SMILES string of the molecule is Cc1nc2n(n1)C(=O)C(C(c1ccccc1Cl)N1CCC(C(N)=O)CC1)S2. The highest BCUT2D eigenvalue weighted by molar-refractivity contribution is 8.00. The molecule has 1 amide bonds. The minimum atomic E-state index is -0.384. The molecular weight excluding hydrogens is 386 g/mol. The second kappa shape index (κ2) is 7.26. The van der Waals surface area contributed by atoms with E-state index in [1.807, 2.05) is 24.3 Å². The van der Waals surface area contributed by atoms with Gasteiger partial charge in [0.2, 0.25) is 5.91 Å². The van der Waals surface area contributed by atoms with Crippen LogP contribution in [0.1, 0.15) is 35.1 Å². The predicted molar refractivity (Wildman–Crippen MR) is 103 cm³/mol. The van der Waals surface area contributed by atoms with Gasteiger partial charge in [0.1, 0.15) is 11.1 Å². The van der Waals surface area contributed by atoms with Crippen molar-refractivity contribution >= 4 is 35.2 Å². The van der Waals surface area contributed by atoms with E-state index in [2.05, 4.69) is 15.0 Å². The third-order valence-corrected chi connectivity index (χ3v) is 6.74. The summed E-state index contributed by atoms with van der Waals surface area (Å²) in [6.45, 7) is 3.14. The number of amides is 1. The first-order chi connectivity index (χ1) is 13.0. The van der Waals surface area contributed by atoms with Crippen molar-refractivity contribution in [2.45, 2.75) is 36.2 Å². The highest BCUT2D eigenvalue weighted by atomic mass is 35.5. The average molecular weight is 406 g/mol. The number of likely N-dealkylation sites (tertiary alicyclic amines) is 1. The van der Waals surface area contributed by atoms with Gasteiger partial charge in [0.25, 0.3) is 5.91 Å². The Morgan fingerprint density at radius 2 is 2.04 bits per heavy atom. The fraction of sp³-hybridized carbons (Fsp3) is 0.444. The number of nitrogens with zero attached hydrogens (tertiary/aromatic N) is 4. The quantitative estimate of drug-likeness (QED) is 0.838. The molecule has 0 bridgehead atoms. The van der Waals surface area contributed by atoms with Crippen molar-refractivity contribution in [1.82, 2.24) is 19.7 Å². The van der Waals surface area contributed by atoms with E-state index in [0.717, 1.165) is 5.56 Å². The summed E-state index contributed by atoms with van der Waals surface area (Å²) in [6, 6.07) is 7.39. The number of nitrogens with two attached hydrogens (primary N) is 1. The molecule has 3 heterocycles. The molecule has 0 spiro atoms. The van der Waals surface area contributed by atoms with Gasteiger partial charge in [0.05, 0.1) is 6.04 Å². The third kappa shape index (κ3) is 3.37. The summed E-state index contributed by atoms with van der Waals surface area (Å²) < 4.78 is 1.39. The second-order valence-corrected chi connectivity index (χ2v) is 8.42. The number of carbonyl (C=O) groups excluding carboxylic acids is 2. The van der Waals surface area contributed by atoms with Crippen molar-refractivity contribution in [2.24, 2.45) is 11.7 Å². The fourth-order valence-corrected chi connectivity index (χ4v) is 5.37. The Kier molecular flexibility index (Phi) is 4.96. The lowest BCUT2D eigenvalue weighted by molar-refractivity contribution is -0.123. The van der Waals surface area contributed by atoms with Gasteiger partial charge in [0, 0.05) is 10.9 Å². The lowest BCUT2D eigenvalue weighted by atomic mass is 9.92. The number of piperidine rings is 1. The van der Waals surface area contributed by atoms with E-state index < -0.39 is 0 Å². The monoisotopic (exact) mass is 405 g/mol. The minimum Gasteiger partial charge on any atom is -0.369 e. The molecule has 2 N–H and O–H groups in total. The predicted octanol–water partition coefficient (Wildman–Crippen LogP) is 2.29. The first-order valence-electron chi connectivity index (χ1n) is 8.88. The van der Waals surface area contributed by atoms with E-state index >= 15 is 0 Å². The molecule has 2 aromatic rings. The lowest BCUT2D eigenvalue weighted by Crippen LogP contribution is -2.45. The van der Waals surface area contributed by atoms with Gasteiger partial charge in [-0.3, -0.25) is 14.5 Å². The van der Waals surface area contributed by atoms with Crippen molar-refractivity contribution in [2.75, 3.05) is 13.1 Å². The second-order valence-electron chi connectivity index (χ2n) is 6.91. The van der Waals surface area contributed by atoms with Crippen molar-refractivity contribution in [1.29, 1.82) is 0 Å². The topological polar surface area (TPSA) is 94.1 Å². The zero-order chi connectivity index (χ0) is 19.1. The van der Waals surface area contributed by atoms with Gasteiger partial charge in [-0.05, 0) is 44.5 Å². The van der Waals surface area contributed by atoms with Gasteiger partial charge in [0.15, 0.2) is 5.16 Å². The number of thioether (sulfide) groups is 1. The summed E-state index contributed by atoms with van der Waals surface area (Å²) in [5.41, 5.74) is 6.38. The molecule has 0 aliphatic carbocycles. The molecule has 2 aliphatic rings. The van der Waals surface area contributed by atoms with Crippen molar-refractivity contribution < 1.29 is 9.59 Å². The van der Waals surface area contributed by atoms with Crippen LogP contribution in [0.3, 0.4) is 0 Å². The van der Waals surface area contributed by atoms with Crippen LogP contribution in [-0.2, 0) is 4.79 Å². The molecule has 4 rings (SSSR count). The Labute approximate surface area is 166 Å². The lowest BCUT2D eigenvalue weighted by Gasteiger charge is -2.39. The highest BCUT2D eigenvalue weighted by Gasteiger charge is 2.44. The Balaban J connectivity index is 1.66. The average Bonchev–Trinajstić information content (AvgIpc) is 3.15. The number of hydrogen-bond donors (Lipinski definition) is 1. The first kappa shape index (κ1) is 18.5. The number of halogens is 1. The van der Waals surface area contributed by atoms with Crippen LogP contribution >= 0.6 is 23.4 Å². The van der Waals surface area contributed by atoms with Crippen LogP contribution in [-0.4, -0.2) is 49.8 Å². The molecule has 1 aromatic carbocycles. The standard InChI is InChI=1S/C18H20ClN5O2S/c1-10-21-18-24(22-10)17(26)15(27-18)14(12-4-2-3-5-13(12)19)23-8-6-11(7-9-23)16(20)25/h2-5,11,14-15H,6-9H2,1H3,(H2,20,25). The van der Waals surface area contributed by atoms with Crippen molar-refractivity contribution in [3.05, 3.63) is 40.7 Å². The summed E-state index contributed by atoms with van der Waals surface area (Å²) in [5, 5.41) is 5.08. The van der Waals surface area contributed by atoms with Crippen molar-refractivity contribution in [3.8, 4) is 0 Å². The van der Waals surface area contributed by atoms with Crippen LogP contribution in [0.25, 0.3) is 0 Å². The van der Waals surface area contributed by atoms with E-state index in [-0.39, 0.29) is 29.0 Å². The summed E-state index contributed by atoms with van der Waals surface area (Å²) in [5.74, 6) is 0.133. The molecule has 1 fully saturated rings. The number of hydrogen-bond acceptors (Lipinski definition) is 6. The van der Waals surface area contributed by atoms with Crippen LogP contribution in [0.4, 0.5) is 0 Å². The molecule has 142 valence electrons. The number of carbonyl (C=O) groups is 2. The van der Waals surface area contributed by atoms with Crippen LogP contribution in [0.15, 0.2) is 29.4 Å². The minimum absolute atomic E-state index is 0.0856. The van der Waals surface area contributed by atoms with Crippen LogP contribution in [0.2, 0.25) is 5.02 Å². The Morgan fingerprint density at radius 3 is 2.67 bits per heavy atom. The van der Waals surface area contributed by atoms with Gasteiger partial charge >= 0.3 is 0 Å². The van der Waals surface area contributed by atoms with Crippen molar-refractivity contribution in [3.63, 3.8) is 0 Å². The summed E-state index contributed by atoms with van der Waals surface area (Å²) in [4.78, 5) is 31.1. The fourth-order valence-electron chi connectivity index (χ4n) is 3.83. The van der Waals surface area contributed by atoms with Gasteiger partial charge in [-0.1, -0.05) is 41.6 Å². The third-order valence-electron chi connectivity index (χ3n) is 5.20. The van der Waals surface area contributed by atoms with Gasteiger partial charge in [-0.15, -0.1) is 5.10 Å². The van der Waals surface area contributed by atoms with Gasteiger partial charge < -0.3 is 5.73 Å². The smallest absolute Gasteiger partial charge is 0.264 e. The molecule has 2 aliphatic heterocycles. The molecular formula is C18H20ClN5O2S. The van der Waals surface area contributed by atoms with E-state index in [4.69, 9.17) is 17.3 Å². The Hall–Kier alpha value is -1.90. The van der Waals surface area contributed by atoms with E-state index in [1.165, 1.54) is 16.4 Å². The zero-order valence-electron chi connectivity index (χ0n) is 14.8. The van der Waals surface area contributed by atoms with E-state index in [0.29, 0.717) is 41.9 Å². The number of aryl methyl sites for hydroxylation is 1. The number of primary amides is 1. The first-order valence-corrected chi connectivity index (χ1v) is 10.1. The Bertz CT molecular complexity index is 894. The van der Waals surface area contributed by atoms with E-state index in [9.17, 15) is 9.59 Å². The van der Waals surface area contributed by atoms with Gasteiger partial charge in [-0.2, -0.15) is 4.68 Å².